The van der Waals surface area contributed by atoms with Gasteiger partial charge in [-0.15, -0.1) is 0 Å². The Kier molecular flexibility index (Phi) is 8.70. The summed E-state index contributed by atoms with van der Waals surface area (Å²) in [6, 6.07) is 0. The van der Waals surface area contributed by atoms with Crippen LogP contribution in [0.1, 0.15) is 39.5 Å². The average Bonchev–Trinajstić information content (AvgIpc) is 2.29. The van der Waals surface area contributed by atoms with Crippen molar-refractivity contribution in [3.63, 3.8) is 0 Å². The third-order valence-corrected chi connectivity index (χ3v) is 2.48. The molecule has 0 rings (SSSR count). The van der Waals surface area contributed by atoms with Crippen LogP contribution in [0, 0.1) is 5.92 Å². The quantitative estimate of drug-likeness (QED) is 0.507. The van der Waals surface area contributed by atoms with Gasteiger partial charge in [0.2, 0.25) is 0 Å². The Morgan fingerprint density at radius 1 is 1.06 bits per heavy atom. The largest absolute Gasteiger partial charge is 0.513 e. The van der Waals surface area contributed by atoms with E-state index in [0.29, 0.717) is 26.1 Å². The predicted molar refractivity (Wildman–Crippen MR) is 67.0 cm³/mol. The molecule has 0 aromatic heterocycles. The van der Waals surface area contributed by atoms with E-state index in [-0.39, 0.29) is 36.5 Å². The number of carbonyl (C=O) groups excluding carboxylic acids is 2. The lowest BCUT2D eigenvalue weighted by Gasteiger charge is -2.14. The highest BCUT2D eigenvalue weighted by molar-refractivity contribution is 5.70. The number of rotatable bonds is 9. The van der Waals surface area contributed by atoms with E-state index in [1.165, 1.54) is 0 Å². The van der Waals surface area contributed by atoms with Gasteiger partial charge in [-0.2, -0.15) is 0 Å². The molecule has 0 spiro atoms. The van der Waals surface area contributed by atoms with E-state index in [1.807, 2.05) is 0 Å². The van der Waals surface area contributed by atoms with Gasteiger partial charge in [-0.3, -0.25) is 9.59 Å². The first-order valence-electron chi connectivity index (χ1n) is 6.20. The van der Waals surface area contributed by atoms with Gasteiger partial charge >= 0.3 is 11.9 Å². The van der Waals surface area contributed by atoms with Crippen LogP contribution in [0.15, 0.2) is 12.3 Å². The number of ether oxygens (including phenoxy) is 2. The molecule has 0 aliphatic heterocycles. The van der Waals surface area contributed by atoms with E-state index in [9.17, 15) is 14.7 Å². The molecule has 5 heteroatoms. The van der Waals surface area contributed by atoms with Crippen LogP contribution < -0.4 is 0 Å². The highest BCUT2D eigenvalue weighted by Crippen LogP contribution is 2.20. The van der Waals surface area contributed by atoms with Crippen LogP contribution in [0.4, 0.5) is 0 Å². The Bertz CT molecular complexity index is 263. The zero-order chi connectivity index (χ0) is 14.0. The van der Waals surface area contributed by atoms with Crippen molar-refractivity contribution in [2.75, 3.05) is 13.2 Å². The zero-order valence-electron chi connectivity index (χ0n) is 11.1. The molecule has 0 bridgehead atoms. The standard InChI is InChI=1S/C13H22O5/c1-4-17-12(15)8-6-11(10(3)14)7-9-13(16)18-5-2/h11,14H,3-9H2,1-2H3. The third kappa shape index (κ3) is 7.70. The fourth-order valence-electron chi connectivity index (χ4n) is 1.53. The summed E-state index contributed by atoms with van der Waals surface area (Å²) in [7, 11) is 0. The molecule has 0 unspecified atom stereocenters. The fourth-order valence-corrected chi connectivity index (χ4v) is 1.53. The van der Waals surface area contributed by atoms with Crippen LogP contribution >= 0.6 is 0 Å². The summed E-state index contributed by atoms with van der Waals surface area (Å²) in [5.74, 6) is -0.901. The third-order valence-electron chi connectivity index (χ3n) is 2.48. The Morgan fingerprint density at radius 3 is 1.72 bits per heavy atom. The van der Waals surface area contributed by atoms with Gasteiger partial charge in [-0.05, 0) is 26.7 Å². The fraction of sp³-hybridized carbons (Fsp3) is 0.692. The molecule has 0 atom stereocenters. The van der Waals surface area contributed by atoms with Crippen molar-refractivity contribution in [2.24, 2.45) is 5.92 Å². The molecule has 18 heavy (non-hydrogen) atoms. The molecular formula is C13H22O5. The minimum atomic E-state index is -0.306. The van der Waals surface area contributed by atoms with Crippen LogP contribution in [0.25, 0.3) is 0 Å². The molecule has 0 amide bonds. The first-order valence-corrected chi connectivity index (χ1v) is 6.20. The summed E-state index contributed by atoms with van der Waals surface area (Å²) < 4.78 is 9.59. The molecule has 0 saturated carbocycles. The summed E-state index contributed by atoms with van der Waals surface area (Å²) in [6.45, 7) is 7.61. The summed E-state index contributed by atoms with van der Waals surface area (Å²) in [5, 5.41) is 9.40. The van der Waals surface area contributed by atoms with Crippen molar-refractivity contribution in [3.05, 3.63) is 12.3 Å². The molecule has 104 valence electrons. The van der Waals surface area contributed by atoms with E-state index in [1.54, 1.807) is 13.8 Å². The lowest BCUT2D eigenvalue weighted by molar-refractivity contribution is -0.143. The highest BCUT2D eigenvalue weighted by atomic mass is 16.5. The average molecular weight is 258 g/mol. The molecule has 0 saturated heterocycles. The van der Waals surface area contributed by atoms with Gasteiger partial charge in [0, 0.05) is 18.8 Å². The van der Waals surface area contributed by atoms with Crippen LogP contribution in [0.2, 0.25) is 0 Å². The number of allylic oxidation sites excluding steroid dienone is 1. The molecule has 0 fully saturated rings. The second-order valence-electron chi connectivity index (χ2n) is 3.88. The Morgan fingerprint density at radius 2 is 1.44 bits per heavy atom. The van der Waals surface area contributed by atoms with Crippen molar-refractivity contribution in [2.45, 2.75) is 39.5 Å². The normalized spacial score (nSPS) is 10.2. The number of aliphatic hydroxyl groups is 1. The summed E-state index contributed by atoms with van der Waals surface area (Å²) in [4.78, 5) is 22.4. The lowest BCUT2D eigenvalue weighted by Crippen LogP contribution is -2.12. The molecule has 0 aromatic rings. The van der Waals surface area contributed by atoms with Crippen molar-refractivity contribution in [1.82, 2.24) is 0 Å². The Hall–Kier alpha value is -1.52. The first kappa shape index (κ1) is 16.5. The zero-order valence-corrected chi connectivity index (χ0v) is 11.1. The maximum absolute atomic E-state index is 11.2. The van der Waals surface area contributed by atoms with Crippen LogP contribution in [0.3, 0.4) is 0 Å². The topological polar surface area (TPSA) is 72.8 Å². The minimum absolute atomic E-state index is 0.0106. The van der Waals surface area contributed by atoms with E-state index in [4.69, 9.17) is 9.47 Å². The Labute approximate surface area is 108 Å². The molecule has 0 aromatic carbocycles. The van der Waals surface area contributed by atoms with E-state index >= 15 is 0 Å². The van der Waals surface area contributed by atoms with Gasteiger partial charge in [-0.25, -0.2) is 0 Å². The summed E-state index contributed by atoms with van der Waals surface area (Å²) in [5.41, 5.74) is 0. The van der Waals surface area contributed by atoms with Crippen LogP contribution in [-0.2, 0) is 19.1 Å². The van der Waals surface area contributed by atoms with Gasteiger partial charge in [0.05, 0.1) is 19.0 Å². The summed E-state index contributed by atoms with van der Waals surface area (Å²) in [6.07, 6.45) is 1.27. The van der Waals surface area contributed by atoms with Crippen molar-refractivity contribution in [3.8, 4) is 0 Å². The van der Waals surface area contributed by atoms with Gasteiger partial charge in [0.1, 0.15) is 0 Å². The van der Waals surface area contributed by atoms with Crippen LogP contribution in [-0.4, -0.2) is 30.3 Å². The maximum Gasteiger partial charge on any atom is 0.305 e. The Balaban J connectivity index is 4.04. The molecule has 0 aliphatic carbocycles. The number of hydrogen-bond donors (Lipinski definition) is 1. The van der Waals surface area contributed by atoms with E-state index in [2.05, 4.69) is 6.58 Å². The number of carbonyl (C=O) groups is 2. The lowest BCUT2D eigenvalue weighted by atomic mass is 9.96. The predicted octanol–water partition coefficient (Wildman–Crippen LogP) is 2.36. The number of hydrogen-bond acceptors (Lipinski definition) is 5. The van der Waals surface area contributed by atoms with Gasteiger partial charge in [0.25, 0.3) is 0 Å². The second kappa shape index (κ2) is 9.50. The molecule has 1 N–H and O–H groups in total. The molecule has 0 heterocycles. The first-order chi connectivity index (χ1) is 8.51. The molecule has 5 nitrogen and oxygen atoms in total. The summed E-state index contributed by atoms with van der Waals surface area (Å²) >= 11 is 0. The van der Waals surface area contributed by atoms with Gasteiger partial charge in [-0.1, -0.05) is 6.58 Å². The molecular weight excluding hydrogens is 236 g/mol. The maximum atomic E-state index is 11.2. The monoisotopic (exact) mass is 258 g/mol. The smallest absolute Gasteiger partial charge is 0.305 e. The van der Waals surface area contributed by atoms with Crippen LogP contribution in [0.5, 0.6) is 0 Å². The molecule has 0 radical (unpaired) electrons. The van der Waals surface area contributed by atoms with E-state index in [0.717, 1.165) is 0 Å². The highest BCUT2D eigenvalue weighted by Gasteiger charge is 2.16. The van der Waals surface area contributed by atoms with Crippen molar-refractivity contribution < 1.29 is 24.2 Å². The molecule has 0 aliphatic rings. The van der Waals surface area contributed by atoms with Gasteiger partial charge in [0.15, 0.2) is 0 Å². The van der Waals surface area contributed by atoms with Gasteiger partial charge < -0.3 is 14.6 Å². The van der Waals surface area contributed by atoms with Crippen molar-refractivity contribution in [1.29, 1.82) is 0 Å². The number of aliphatic hydroxyl groups excluding tert-OH is 1. The number of esters is 2. The van der Waals surface area contributed by atoms with Crippen molar-refractivity contribution >= 4 is 11.9 Å². The minimum Gasteiger partial charge on any atom is -0.513 e. The second-order valence-corrected chi connectivity index (χ2v) is 3.88. The van der Waals surface area contributed by atoms with E-state index < -0.39 is 0 Å². The SMILES string of the molecule is C=C(O)C(CCC(=O)OCC)CCC(=O)OCC.